The first-order valence-corrected chi connectivity index (χ1v) is 9.18. The van der Waals surface area contributed by atoms with E-state index in [1.807, 2.05) is 6.07 Å². The van der Waals surface area contributed by atoms with Gasteiger partial charge in [0.25, 0.3) is 0 Å². The van der Waals surface area contributed by atoms with Crippen LogP contribution in [0.5, 0.6) is 11.5 Å². The van der Waals surface area contributed by atoms with Crippen LogP contribution in [-0.2, 0) is 26.1 Å². The number of hydrogen-bond donors (Lipinski definition) is 1. The number of fused-ring (bicyclic) bond motifs is 1. The van der Waals surface area contributed by atoms with Crippen LogP contribution in [0.15, 0.2) is 24.4 Å². The molecule has 1 aromatic carbocycles. The summed E-state index contributed by atoms with van der Waals surface area (Å²) in [7, 11) is 3.27. The summed E-state index contributed by atoms with van der Waals surface area (Å²) in [5, 5.41) is 2.78. The van der Waals surface area contributed by atoms with Gasteiger partial charge in [0.1, 0.15) is 6.61 Å². The summed E-state index contributed by atoms with van der Waals surface area (Å²) in [6.07, 6.45) is 1.76. The highest BCUT2D eigenvalue weighted by Gasteiger charge is 2.25. The van der Waals surface area contributed by atoms with Crippen molar-refractivity contribution >= 4 is 17.6 Å². The molecule has 0 saturated carbocycles. The molecule has 9 heteroatoms. The predicted molar refractivity (Wildman–Crippen MR) is 104 cm³/mol. The van der Waals surface area contributed by atoms with E-state index in [2.05, 4.69) is 5.32 Å². The molecule has 156 valence electrons. The number of nitrogens with one attached hydrogen (secondary N) is 1. The van der Waals surface area contributed by atoms with Crippen LogP contribution in [0.4, 0.5) is 5.69 Å². The van der Waals surface area contributed by atoms with Crippen molar-refractivity contribution in [3.63, 3.8) is 0 Å². The molecule has 0 bridgehead atoms. The van der Waals surface area contributed by atoms with Crippen LogP contribution in [0.2, 0.25) is 0 Å². The topological polar surface area (TPSA) is 97.2 Å². The summed E-state index contributed by atoms with van der Waals surface area (Å²) < 4.78 is 27.7. The smallest absolute Gasteiger partial charge is 0.357 e. The molecule has 0 unspecified atom stereocenters. The highest BCUT2D eigenvalue weighted by molar-refractivity contribution is 6.05. The minimum Gasteiger partial charge on any atom is -0.461 e. The van der Waals surface area contributed by atoms with Gasteiger partial charge >= 0.3 is 5.97 Å². The zero-order valence-electron chi connectivity index (χ0n) is 16.6. The highest BCUT2D eigenvalue weighted by atomic mass is 16.7. The number of anilines is 1. The van der Waals surface area contributed by atoms with Gasteiger partial charge < -0.3 is 33.6 Å². The lowest BCUT2D eigenvalue weighted by atomic mass is 10.1. The Hall–Kier alpha value is -3.04. The van der Waals surface area contributed by atoms with E-state index < -0.39 is 5.97 Å². The number of carbonyl (C=O) groups excluding carboxylic acids is 2. The molecule has 29 heavy (non-hydrogen) atoms. The average Bonchev–Trinajstić information content (AvgIpc) is 3.29. The Morgan fingerprint density at radius 2 is 2.00 bits per heavy atom. The van der Waals surface area contributed by atoms with Gasteiger partial charge in [0.05, 0.1) is 25.5 Å². The number of benzene rings is 1. The fourth-order valence-corrected chi connectivity index (χ4v) is 2.96. The normalized spacial score (nSPS) is 12.1. The number of esters is 1. The molecule has 1 aromatic heterocycles. The molecule has 1 N–H and O–H groups in total. The summed E-state index contributed by atoms with van der Waals surface area (Å²) in [6, 6.07) is 5.42. The summed E-state index contributed by atoms with van der Waals surface area (Å²) in [5.74, 6) is 0.328. The first-order chi connectivity index (χ1) is 14.0. The molecule has 1 amide bonds. The third-order valence-electron chi connectivity index (χ3n) is 4.26. The number of aryl methyl sites for hydroxylation is 1. The molecule has 1 aliphatic heterocycles. The average molecular weight is 404 g/mol. The van der Waals surface area contributed by atoms with E-state index in [1.54, 1.807) is 44.0 Å². The maximum absolute atomic E-state index is 12.5. The van der Waals surface area contributed by atoms with Crippen LogP contribution < -0.4 is 14.8 Å². The molecule has 0 spiro atoms. The second kappa shape index (κ2) is 9.44. The van der Waals surface area contributed by atoms with Gasteiger partial charge in [-0.05, 0) is 24.6 Å². The van der Waals surface area contributed by atoms with Gasteiger partial charge in [0.2, 0.25) is 12.7 Å². The Bertz CT molecular complexity index is 891. The van der Waals surface area contributed by atoms with Crippen molar-refractivity contribution in [2.24, 2.45) is 7.05 Å². The van der Waals surface area contributed by atoms with Gasteiger partial charge in [-0.3, -0.25) is 4.79 Å². The van der Waals surface area contributed by atoms with Gasteiger partial charge in [0, 0.05) is 25.9 Å². The standard InChI is InChI=1S/C20H24N2O7/c1-4-27-20(24)19-18(21-17(23)11-26-8-7-25-3)14(10-22(19)2)13-5-6-15-16(9-13)29-12-28-15/h5-6,9-10H,4,7-8,11-12H2,1-3H3,(H,21,23). The number of amides is 1. The van der Waals surface area contributed by atoms with Crippen LogP contribution in [0, 0.1) is 0 Å². The van der Waals surface area contributed by atoms with E-state index in [0.717, 1.165) is 5.56 Å². The second-order valence-electron chi connectivity index (χ2n) is 6.26. The highest BCUT2D eigenvalue weighted by Crippen LogP contribution is 2.39. The predicted octanol–water partition coefficient (Wildman–Crippen LogP) is 2.20. The van der Waals surface area contributed by atoms with Gasteiger partial charge in [-0.2, -0.15) is 0 Å². The Morgan fingerprint density at radius 3 is 2.76 bits per heavy atom. The van der Waals surface area contributed by atoms with E-state index in [0.29, 0.717) is 36.0 Å². The minimum atomic E-state index is -0.530. The third kappa shape index (κ3) is 4.69. The largest absolute Gasteiger partial charge is 0.461 e. The number of carbonyl (C=O) groups is 2. The monoisotopic (exact) mass is 404 g/mol. The molecule has 3 rings (SSSR count). The van der Waals surface area contributed by atoms with Crippen LogP contribution in [0.1, 0.15) is 17.4 Å². The summed E-state index contributed by atoms with van der Waals surface area (Å²) in [5.41, 5.74) is 2.00. The Labute approximate surface area is 168 Å². The van der Waals surface area contributed by atoms with Crippen LogP contribution in [0.25, 0.3) is 11.1 Å². The molecule has 0 radical (unpaired) electrons. The van der Waals surface area contributed by atoms with Crippen LogP contribution in [-0.4, -0.2) is 56.8 Å². The molecule has 0 atom stereocenters. The second-order valence-corrected chi connectivity index (χ2v) is 6.26. The van der Waals surface area contributed by atoms with E-state index in [-0.39, 0.29) is 31.6 Å². The van der Waals surface area contributed by atoms with Crippen molar-refractivity contribution in [1.82, 2.24) is 4.57 Å². The van der Waals surface area contributed by atoms with Gasteiger partial charge in [0.15, 0.2) is 17.2 Å². The number of aromatic nitrogens is 1. The fourth-order valence-electron chi connectivity index (χ4n) is 2.96. The Morgan fingerprint density at radius 1 is 1.21 bits per heavy atom. The van der Waals surface area contributed by atoms with Crippen molar-refractivity contribution in [3.05, 3.63) is 30.1 Å². The van der Waals surface area contributed by atoms with Crippen molar-refractivity contribution in [3.8, 4) is 22.6 Å². The zero-order chi connectivity index (χ0) is 20.8. The Balaban J connectivity index is 1.92. The molecule has 1 aliphatic rings. The maximum Gasteiger partial charge on any atom is 0.357 e. The molecule has 2 heterocycles. The molecule has 2 aromatic rings. The summed E-state index contributed by atoms with van der Waals surface area (Å²) in [6.45, 7) is 2.61. The van der Waals surface area contributed by atoms with E-state index in [4.69, 9.17) is 23.7 Å². The number of ether oxygens (including phenoxy) is 5. The van der Waals surface area contributed by atoms with E-state index in [9.17, 15) is 9.59 Å². The van der Waals surface area contributed by atoms with Crippen molar-refractivity contribution in [2.45, 2.75) is 6.92 Å². The van der Waals surface area contributed by atoms with E-state index >= 15 is 0 Å². The maximum atomic E-state index is 12.5. The van der Waals surface area contributed by atoms with Crippen LogP contribution >= 0.6 is 0 Å². The lowest BCUT2D eigenvalue weighted by molar-refractivity contribution is -0.121. The number of methoxy groups -OCH3 is 1. The molecule has 0 aliphatic carbocycles. The van der Waals surface area contributed by atoms with Gasteiger partial charge in [-0.1, -0.05) is 6.07 Å². The van der Waals surface area contributed by atoms with E-state index in [1.165, 1.54) is 0 Å². The van der Waals surface area contributed by atoms with Crippen molar-refractivity contribution in [2.75, 3.05) is 45.6 Å². The number of rotatable bonds is 9. The zero-order valence-corrected chi connectivity index (χ0v) is 16.6. The number of hydrogen-bond acceptors (Lipinski definition) is 7. The molecule has 0 fully saturated rings. The molecular weight excluding hydrogens is 380 g/mol. The lowest BCUT2D eigenvalue weighted by Crippen LogP contribution is -2.22. The lowest BCUT2D eigenvalue weighted by Gasteiger charge is -2.11. The first kappa shape index (κ1) is 20.7. The number of nitrogens with zero attached hydrogens (tertiary/aromatic N) is 1. The van der Waals surface area contributed by atoms with Crippen molar-refractivity contribution in [1.29, 1.82) is 0 Å². The third-order valence-corrected chi connectivity index (χ3v) is 4.26. The van der Waals surface area contributed by atoms with Gasteiger partial charge in [-0.25, -0.2) is 4.79 Å². The van der Waals surface area contributed by atoms with Crippen LogP contribution in [0.3, 0.4) is 0 Å². The van der Waals surface area contributed by atoms with Crippen molar-refractivity contribution < 1.29 is 33.3 Å². The molecular formula is C20H24N2O7. The fraction of sp³-hybridized carbons (Fsp3) is 0.400. The quantitative estimate of drug-likeness (QED) is 0.505. The minimum absolute atomic E-state index is 0.157. The Kier molecular flexibility index (Phi) is 6.73. The SMILES string of the molecule is CCOC(=O)c1c(NC(=O)COCCOC)c(-c2ccc3c(c2)OCO3)cn1C. The first-order valence-electron chi connectivity index (χ1n) is 9.18. The van der Waals surface area contributed by atoms with Gasteiger partial charge in [-0.15, -0.1) is 0 Å². The summed E-state index contributed by atoms with van der Waals surface area (Å²) >= 11 is 0. The molecule has 9 nitrogen and oxygen atoms in total. The molecule has 0 saturated heterocycles. The summed E-state index contributed by atoms with van der Waals surface area (Å²) in [4.78, 5) is 24.9.